The number of rotatable bonds is 12. The fourth-order valence-corrected chi connectivity index (χ4v) is 8.00. The number of aliphatic hydroxyl groups is 1. The predicted octanol–water partition coefficient (Wildman–Crippen LogP) is -2.03. The van der Waals surface area contributed by atoms with Crippen molar-refractivity contribution < 1.29 is 58.1 Å². The van der Waals surface area contributed by atoms with E-state index in [1.165, 1.54) is 0 Å². The number of ether oxygens (including phenoxy) is 1. The lowest BCUT2D eigenvalue weighted by molar-refractivity contribution is -0.148. The largest absolute Gasteiger partial charge is 0.480 e. The van der Waals surface area contributed by atoms with E-state index in [0.29, 0.717) is 29.3 Å². The molecule has 61 heavy (non-hydrogen) atoms. The molecule has 0 radical (unpaired) electrons. The lowest BCUT2D eigenvalue weighted by Gasteiger charge is -2.30. The third kappa shape index (κ3) is 12.4. The summed E-state index contributed by atoms with van der Waals surface area (Å²) in [5.74, 6) is -8.95. The lowest BCUT2D eigenvalue weighted by atomic mass is 9.98. The van der Waals surface area contributed by atoms with Gasteiger partial charge in [-0.2, -0.15) is 0 Å². The van der Waals surface area contributed by atoms with Gasteiger partial charge in [0.1, 0.15) is 24.2 Å². The summed E-state index contributed by atoms with van der Waals surface area (Å²) in [6.45, 7) is 5.32. The van der Waals surface area contributed by atoms with Crippen LogP contribution in [0.15, 0.2) is 29.3 Å². The molecular formula is C39H55N9O12S. The molecule has 0 bridgehead atoms. The maximum Gasteiger partial charge on any atom is 0.326 e. The number of hydrogen-bond donors (Lipinski definition) is 10. The van der Waals surface area contributed by atoms with Crippen molar-refractivity contribution in [2.75, 3.05) is 26.7 Å². The molecule has 22 heteroatoms. The number of thioether (sulfide) groups is 1. The Labute approximate surface area is 355 Å². The van der Waals surface area contributed by atoms with Gasteiger partial charge < -0.3 is 62.5 Å². The van der Waals surface area contributed by atoms with E-state index in [4.69, 9.17) is 10.5 Å². The Kier molecular flexibility index (Phi) is 17.0. The van der Waals surface area contributed by atoms with Crippen molar-refractivity contribution in [3.63, 3.8) is 0 Å². The van der Waals surface area contributed by atoms with Crippen LogP contribution in [-0.2, 0) is 54.3 Å². The van der Waals surface area contributed by atoms with Gasteiger partial charge in [0.25, 0.3) is 5.91 Å². The average molecular weight is 874 g/mol. The van der Waals surface area contributed by atoms with Gasteiger partial charge in [0.2, 0.25) is 35.4 Å². The highest BCUT2D eigenvalue weighted by Crippen LogP contribution is 2.33. The molecule has 334 valence electrons. The van der Waals surface area contributed by atoms with Crippen LogP contribution in [0.2, 0.25) is 0 Å². The highest BCUT2D eigenvalue weighted by Gasteiger charge is 2.44. The van der Waals surface area contributed by atoms with Crippen LogP contribution in [0.1, 0.15) is 58.9 Å². The highest BCUT2D eigenvalue weighted by atomic mass is 32.2. The molecule has 21 nitrogen and oxygen atoms in total. The molecule has 0 saturated carbocycles. The van der Waals surface area contributed by atoms with E-state index in [9.17, 15) is 53.4 Å². The zero-order valence-corrected chi connectivity index (χ0v) is 35.4. The number of β-amino-alcohol motifs (C(OH)–C–C–N with tert-alkyl or cyclic N) is 1. The smallest absolute Gasteiger partial charge is 0.326 e. The Morgan fingerprint density at radius 3 is 2.25 bits per heavy atom. The maximum absolute atomic E-state index is 14.4. The number of fused-ring (bicyclic) bond motifs is 3. The molecule has 2 aliphatic rings. The number of aliphatic hydroxyl groups excluding tert-OH is 1. The highest BCUT2D eigenvalue weighted by molar-refractivity contribution is 8.00. The van der Waals surface area contributed by atoms with Gasteiger partial charge in [-0.15, -0.1) is 0 Å². The number of benzene rings is 1. The Bertz CT molecular complexity index is 1990. The molecule has 1 aromatic carbocycles. The van der Waals surface area contributed by atoms with Gasteiger partial charge in [-0.3, -0.25) is 38.4 Å². The number of carbonyl (C=O) groups excluding carboxylic acids is 8. The van der Waals surface area contributed by atoms with Gasteiger partial charge in [0, 0.05) is 23.9 Å². The van der Waals surface area contributed by atoms with E-state index in [1.807, 2.05) is 0 Å². The van der Waals surface area contributed by atoms with Crippen LogP contribution in [-0.4, -0.2) is 142 Å². The van der Waals surface area contributed by atoms with E-state index < -0.39 is 133 Å². The number of aromatic amines is 1. The van der Waals surface area contributed by atoms with Crippen molar-refractivity contribution in [3.05, 3.63) is 29.8 Å². The first-order chi connectivity index (χ1) is 28.9. The van der Waals surface area contributed by atoms with Crippen LogP contribution >= 0.6 is 11.8 Å². The first-order valence-corrected chi connectivity index (χ1v) is 20.8. The van der Waals surface area contributed by atoms with Crippen molar-refractivity contribution in [1.82, 2.24) is 41.8 Å². The molecule has 2 aliphatic heterocycles. The molecule has 9 atom stereocenters. The third-order valence-corrected chi connectivity index (χ3v) is 12.0. The number of H-pyrrole nitrogens is 1. The molecule has 1 saturated heterocycles. The Hall–Kier alpha value is -5.74. The number of carboxylic acids is 1. The molecule has 7 amide bonds. The topological polar surface area (TPSA) is 321 Å². The van der Waals surface area contributed by atoms with Gasteiger partial charge in [-0.1, -0.05) is 70.5 Å². The van der Waals surface area contributed by atoms with Gasteiger partial charge in [-0.25, -0.2) is 4.79 Å². The van der Waals surface area contributed by atoms with Crippen LogP contribution in [0.3, 0.4) is 0 Å². The van der Waals surface area contributed by atoms with E-state index in [2.05, 4.69) is 36.9 Å². The second-order valence-corrected chi connectivity index (χ2v) is 16.3. The van der Waals surface area contributed by atoms with E-state index in [0.717, 1.165) is 23.8 Å². The van der Waals surface area contributed by atoms with Crippen LogP contribution in [0.4, 0.5) is 0 Å². The minimum atomic E-state index is -1.73. The van der Waals surface area contributed by atoms with Gasteiger partial charge >= 0.3 is 11.9 Å². The number of esters is 1. The van der Waals surface area contributed by atoms with Gasteiger partial charge in [0.05, 0.1) is 43.8 Å². The van der Waals surface area contributed by atoms with Crippen LogP contribution < -0.4 is 37.6 Å². The van der Waals surface area contributed by atoms with Crippen molar-refractivity contribution in [2.45, 2.75) is 107 Å². The standard InChI is InChI=1S/C39H55N9O12S/c1-6-18(3)30-34(55)42-16-28(51)46-37(61-36-22(21-10-8-9-11-24(21)44-36)13-23(40)32(53)41-15-27(50)45-30)35(56)43-25(14-29(52)60-5)38(57)48-17-20(49)12-26(48)33(54)47-31(39(58)59)19(4)7-2/h8-11,18-20,23,25-26,30-31,37,44,49H,6-7,12-17,40H2,1-5H3,(H,41,53)(H,42,55)(H,43,56)(H,45,50)(H,46,51)(H,47,54)(H,58,59)/t18-,19-,20+,23+,25-,26-,30-,31-,37?/m0/s1. The molecule has 11 N–H and O–H groups in total. The van der Waals surface area contributed by atoms with Crippen molar-refractivity contribution in [1.29, 1.82) is 0 Å². The first-order valence-electron chi connectivity index (χ1n) is 19.9. The fourth-order valence-electron chi connectivity index (χ4n) is 6.89. The fraction of sp³-hybridized carbons (Fsp3) is 0.564. The van der Waals surface area contributed by atoms with E-state index in [-0.39, 0.29) is 17.9 Å². The lowest BCUT2D eigenvalue weighted by Crippen LogP contribution is -2.58. The molecule has 0 aliphatic carbocycles. The van der Waals surface area contributed by atoms with Gasteiger partial charge in [0.15, 0.2) is 5.37 Å². The Morgan fingerprint density at radius 2 is 1.61 bits per heavy atom. The number of nitrogens with zero attached hydrogens (tertiary/aromatic N) is 1. The summed E-state index contributed by atoms with van der Waals surface area (Å²) >= 11 is 0.770. The van der Waals surface area contributed by atoms with Gasteiger partial charge in [-0.05, 0) is 29.9 Å². The number of aliphatic carboxylic acids is 1. The molecule has 4 rings (SSSR count). The normalized spacial score (nSPS) is 23.7. The van der Waals surface area contributed by atoms with Crippen molar-refractivity contribution in [2.24, 2.45) is 17.6 Å². The summed E-state index contributed by atoms with van der Waals surface area (Å²) in [5, 5.41) is 34.7. The molecule has 2 aromatic rings. The summed E-state index contributed by atoms with van der Waals surface area (Å²) in [6.07, 6.45) is -1.48. The summed E-state index contributed by atoms with van der Waals surface area (Å²) in [4.78, 5) is 124. The molecule has 1 aromatic heterocycles. The first kappa shape index (κ1) is 47.9. The molecular weight excluding hydrogens is 819 g/mol. The number of methoxy groups -OCH3 is 1. The number of likely N-dealkylation sites (tertiary alicyclic amines) is 1. The number of aromatic nitrogens is 1. The molecule has 3 heterocycles. The summed E-state index contributed by atoms with van der Waals surface area (Å²) in [5.41, 5.74) is 7.38. The second-order valence-electron chi connectivity index (χ2n) is 15.2. The zero-order valence-electron chi connectivity index (χ0n) is 34.6. The number of hydrogen-bond acceptors (Lipinski definition) is 13. The molecule has 1 unspecified atom stereocenters. The number of amides is 7. The van der Waals surface area contributed by atoms with Crippen molar-refractivity contribution >= 4 is 76.0 Å². The van der Waals surface area contributed by atoms with Crippen molar-refractivity contribution in [3.8, 4) is 0 Å². The quantitative estimate of drug-likeness (QED) is 0.103. The number of nitrogens with one attached hydrogen (secondary N) is 7. The van der Waals surface area contributed by atoms with Crippen LogP contribution in [0.5, 0.6) is 0 Å². The number of carbonyl (C=O) groups is 9. The SMILES string of the molecule is CC[C@H](C)[C@H](NC(=O)[C@@H]1C[C@@H](O)CN1C(=O)[C@H](CC(=O)OC)NC(=O)C1NC(=O)CNC(=O)[C@H]([C@@H](C)CC)NC(=O)CNC(=O)[C@H](N)Cc2c([nH]c3ccccc23)S1)C(=O)O. The summed E-state index contributed by atoms with van der Waals surface area (Å²) in [7, 11) is 1.05. The maximum atomic E-state index is 14.4. The number of nitrogens with two attached hydrogens (primary N) is 1. The van der Waals surface area contributed by atoms with E-state index in [1.54, 1.807) is 52.0 Å². The Balaban J connectivity index is 1.71. The molecule has 1 fully saturated rings. The molecule has 0 spiro atoms. The minimum absolute atomic E-state index is 0.110. The summed E-state index contributed by atoms with van der Waals surface area (Å²) in [6, 6.07) is 0.210. The number of para-hydroxylation sites is 1. The second kappa shape index (κ2) is 21.7. The zero-order chi connectivity index (χ0) is 45.1. The predicted molar refractivity (Wildman–Crippen MR) is 219 cm³/mol. The Morgan fingerprint density at radius 1 is 0.951 bits per heavy atom. The van der Waals surface area contributed by atoms with Crippen LogP contribution in [0.25, 0.3) is 10.9 Å². The monoisotopic (exact) mass is 873 g/mol. The minimum Gasteiger partial charge on any atom is -0.480 e. The van der Waals surface area contributed by atoms with E-state index >= 15 is 0 Å². The average Bonchev–Trinajstić information content (AvgIpc) is 3.80. The van der Waals surface area contributed by atoms with Crippen LogP contribution in [0, 0.1) is 11.8 Å². The number of carboxylic acid groups (broad SMARTS) is 1. The summed E-state index contributed by atoms with van der Waals surface area (Å²) < 4.78 is 4.80. The third-order valence-electron chi connectivity index (χ3n) is 10.8.